The van der Waals surface area contributed by atoms with Gasteiger partial charge < -0.3 is 10.4 Å². The molecule has 0 radical (unpaired) electrons. The van der Waals surface area contributed by atoms with Crippen molar-refractivity contribution in [2.24, 2.45) is 0 Å². The molecule has 5 heteroatoms. The number of rotatable bonds is 3. The molecule has 1 heterocycles. The molecule has 1 saturated carbocycles. The molecule has 0 bridgehead atoms. The van der Waals surface area contributed by atoms with Crippen molar-refractivity contribution < 1.29 is 14.7 Å². The number of carbonyl (C=O) groups is 2. The Bertz CT molecular complexity index is 307. The molecule has 1 amide bonds. The third-order valence-electron chi connectivity index (χ3n) is 3.70. The molecule has 0 aromatic rings. The van der Waals surface area contributed by atoms with Gasteiger partial charge in [-0.05, 0) is 31.4 Å². The molecular weight excluding hydrogens is 238 g/mol. The molecule has 1 atom stereocenters. The average molecular weight is 257 g/mol. The van der Waals surface area contributed by atoms with E-state index in [1.54, 1.807) is 11.8 Å². The lowest BCUT2D eigenvalue weighted by Crippen LogP contribution is -2.57. The van der Waals surface area contributed by atoms with Crippen LogP contribution in [0.3, 0.4) is 0 Å². The van der Waals surface area contributed by atoms with Crippen LogP contribution in [0.1, 0.15) is 44.9 Å². The molecule has 1 aliphatic heterocycles. The molecule has 0 aromatic carbocycles. The summed E-state index contributed by atoms with van der Waals surface area (Å²) in [6.07, 6.45) is 5.95. The smallest absolute Gasteiger partial charge is 0.329 e. The first kappa shape index (κ1) is 12.7. The molecule has 2 N–H and O–H groups in total. The fourth-order valence-electron chi connectivity index (χ4n) is 2.65. The maximum absolute atomic E-state index is 12.0. The molecule has 0 aromatic heterocycles. The second-order valence-electron chi connectivity index (χ2n) is 4.94. The summed E-state index contributed by atoms with van der Waals surface area (Å²) in [4.78, 5) is 23.4. The first-order valence-electron chi connectivity index (χ1n) is 6.31. The van der Waals surface area contributed by atoms with Crippen molar-refractivity contribution in [2.75, 3.05) is 5.75 Å². The van der Waals surface area contributed by atoms with E-state index < -0.39 is 11.5 Å². The quantitative estimate of drug-likeness (QED) is 0.809. The van der Waals surface area contributed by atoms with Crippen molar-refractivity contribution in [3.63, 3.8) is 0 Å². The minimum Gasteiger partial charge on any atom is -0.480 e. The summed E-state index contributed by atoms with van der Waals surface area (Å²) in [5.41, 5.74) is -0.988. The number of carboxylic acids is 1. The lowest BCUT2D eigenvalue weighted by atomic mass is 9.81. The number of hydrogen-bond acceptors (Lipinski definition) is 3. The van der Waals surface area contributed by atoms with Crippen LogP contribution in [0, 0.1) is 0 Å². The van der Waals surface area contributed by atoms with E-state index in [9.17, 15) is 14.7 Å². The van der Waals surface area contributed by atoms with Crippen LogP contribution in [0.15, 0.2) is 0 Å². The highest BCUT2D eigenvalue weighted by Crippen LogP contribution is 2.31. The molecule has 2 fully saturated rings. The number of nitrogens with one attached hydrogen (secondary N) is 1. The Labute approximate surface area is 106 Å². The molecule has 4 nitrogen and oxygen atoms in total. The Morgan fingerprint density at radius 2 is 1.88 bits per heavy atom. The maximum Gasteiger partial charge on any atom is 0.329 e. The van der Waals surface area contributed by atoms with Gasteiger partial charge in [0.1, 0.15) is 5.54 Å². The zero-order valence-electron chi connectivity index (χ0n) is 9.91. The van der Waals surface area contributed by atoms with E-state index >= 15 is 0 Å². The van der Waals surface area contributed by atoms with Gasteiger partial charge in [0, 0.05) is 0 Å². The van der Waals surface area contributed by atoms with Gasteiger partial charge in [-0.15, -0.1) is 11.8 Å². The monoisotopic (exact) mass is 257 g/mol. The van der Waals surface area contributed by atoms with Crippen LogP contribution in [-0.4, -0.2) is 33.5 Å². The van der Waals surface area contributed by atoms with Gasteiger partial charge in [-0.3, -0.25) is 4.79 Å². The van der Waals surface area contributed by atoms with Crippen LogP contribution < -0.4 is 5.32 Å². The summed E-state index contributed by atoms with van der Waals surface area (Å²) in [6.45, 7) is 0. The minimum atomic E-state index is -0.988. The Hall–Kier alpha value is -0.710. The largest absolute Gasteiger partial charge is 0.480 e. The van der Waals surface area contributed by atoms with E-state index in [0.29, 0.717) is 12.8 Å². The molecular formula is C12H19NO3S. The summed E-state index contributed by atoms with van der Waals surface area (Å²) >= 11 is 1.64. The van der Waals surface area contributed by atoms with Gasteiger partial charge in [0.25, 0.3) is 0 Å². The van der Waals surface area contributed by atoms with Gasteiger partial charge in [0.05, 0.1) is 5.25 Å². The maximum atomic E-state index is 12.0. The van der Waals surface area contributed by atoms with Crippen molar-refractivity contribution in [1.82, 2.24) is 5.32 Å². The molecule has 17 heavy (non-hydrogen) atoms. The Morgan fingerprint density at radius 1 is 1.18 bits per heavy atom. The second-order valence-corrected chi connectivity index (χ2v) is 6.25. The molecule has 2 rings (SSSR count). The standard InChI is InChI=1S/C12H19NO3S/c14-10(9-5-4-8-17-9)13-12(11(15)16)6-2-1-3-7-12/h9H,1-8H2,(H,13,14)(H,15,16). The van der Waals surface area contributed by atoms with E-state index in [0.717, 1.165) is 37.9 Å². The van der Waals surface area contributed by atoms with Crippen molar-refractivity contribution in [1.29, 1.82) is 0 Å². The van der Waals surface area contributed by atoms with E-state index in [4.69, 9.17) is 0 Å². The molecule has 2 aliphatic rings. The van der Waals surface area contributed by atoms with Gasteiger partial charge in [0.2, 0.25) is 5.91 Å². The van der Waals surface area contributed by atoms with Gasteiger partial charge in [-0.2, -0.15) is 0 Å². The summed E-state index contributed by atoms with van der Waals surface area (Å²) in [6, 6.07) is 0. The molecule has 1 unspecified atom stereocenters. The number of aliphatic carboxylic acids is 1. The normalized spacial score (nSPS) is 27.6. The first-order valence-corrected chi connectivity index (χ1v) is 7.36. The van der Waals surface area contributed by atoms with Crippen molar-refractivity contribution in [3.05, 3.63) is 0 Å². The number of thioether (sulfide) groups is 1. The first-order chi connectivity index (χ1) is 8.14. The lowest BCUT2D eigenvalue weighted by Gasteiger charge is -2.34. The van der Waals surface area contributed by atoms with E-state index in [1.165, 1.54) is 0 Å². The summed E-state index contributed by atoms with van der Waals surface area (Å²) in [7, 11) is 0. The predicted molar refractivity (Wildman–Crippen MR) is 67.1 cm³/mol. The summed E-state index contributed by atoms with van der Waals surface area (Å²) < 4.78 is 0. The molecule has 1 aliphatic carbocycles. The molecule has 1 saturated heterocycles. The number of hydrogen-bond donors (Lipinski definition) is 2. The Kier molecular flexibility index (Phi) is 3.97. The zero-order valence-corrected chi connectivity index (χ0v) is 10.7. The van der Waals surface area contributed by atoms with Gasteiger partial charge >= 0.3 is 5.97 Å². The van der Waals surface area contributed by atoms with Gasteiger partial charge in [0.15, 0.2) is 0 Å². The van der Waals surface area contributed by atoms with Crippen LogP contribution in [-0.2, 0) is 9.59 Å². The molecule has 0 spiro atoms. The predicted octanol–water partition coefficient (Wildman–Crippen LogP) is 1.79. The fraction of sp³-hybridized carbons (Fsp3) is 0.833. The third-order valence-corrected chi connectivity index (χ3v) is 5.08. The zero-order chi connectivity index (χ0) is 12.3. The number of carbonyl (C=O) groups excluding carboxylic acids is 1. The van der Waals surface area contributed by atoms with Crippen LogP contribution in [0.25, 0.3) is 0 Å². The van der Waals surface area contributed by atoms with Crippen molar-refractivity contribution in [2.45, 2.75) is 55.7 Å². The highest BCUT2D eigenvalue weighted by atomic mass is 32.2. The van der Waals surface area contributed by atoms with Crippen molar-refractivity contribution in [3.8, 4) is 0 Å². The SMILES string of the molecule is O=C(NC1(C(=O)O)CCCCC1)C1CCCS1. The average Bonchev–Trinajstić information content (AvgIpc) is 2.83. The fourth-order valence-corrected chi connectivity index (χ4v) is 3.81. The highest BCUT2D eigenvalue weighted by molar-refractivity contribution is 8.00. The van der Waals surface area contributed by atoms with E-state index in [2.05, 4.69) is 5.32 Å². The topological polar surface area (TPSA) is 66.4 Å². The second kappa shape index (κ2) is 5.29. The third kappa shape index (κ3) is 2.76. The van der Waals surface area contributed by atoms with E-state index in [-0.39, 0.29) is 11.2 Å². The van der Waals surface area contributed by atoms with Crippen LogP contribution in [0.2, 0.25) is 0 Å². The minimum absolute atomic E-state index is 0.0341. The highest BCUT2D eigenvalue weighted by Gasteiger charge is 2.42. The van der Waals surface area contributed by atoms with Crippen molar-refractivity contribution >= 4 is 23.6 Å². The molecule has 96 valence electrons. The number of amides is 1. The van der Waals surface area contributed by atoms with E-state index in [1.807, 2.05) is 0 Å². The Morgan fingerprint density at radius 3 is 2.41 bits per heavy atom. The number of carboxylic acid groups (broad SMARTS) is 1. The van der Waals surface area contributed by atoms with Crippen LogP contribution in [0.4, 0.5) is 0 Å². The van der Waals surface area contributed by atoms with Gasteiger partial charge in [-0.25, -0.2) is 4.79 Å². The van der Waals surface area contributed by atoms with Crippen LogP contribution >= 0.6 is 11.8 Å². The van der Waals surface area contributed by atoms with Crippen LogP contribution in [0.5, 0.6) is 0 Å². The Balaban J connectivity index is 2.01. The lowest BCUT2D eigenvalue weighted by molar-refractivity contribution is -0.149. The van der Waals surface area contributed by atoms with Gasteiger partial charge in [-0.1, -0.05) is 19.3 Å². The summed E-state index contributed by atoms with van der Waals surface area (Å²) in [5.74, 6) is 0.0726. The summed E-state index contributed by atoms with van der Waals surface area (Å²) in [5, 5.41) is 12.1.